The van der Waals surface area contributed by atoms with E-state index in [2.05, 4.69) is 4.98 Å². The van der Waals surface area contributed by atoms with Crippen LogP contribution in [-0.2, 0) is 6.54 Å². The van der Waals surface area contributed by atoms with Crippen molar-refractivity contribution in [2.45, 2.75) is 6.54 Å². The van der Waals surface area contributed by atoms with Crippen LogP contribution in [0.15, 0.2) is 42.7 Å². The number of H-pyrrole nitrogens is 1. The summed E-state index contributed by atoms with van der Waals surface area (Å²) in [4.78, 5) is 15.9. The number of hydrogen-bond acceptors (Lipinski definition) is 4. The minimum absolute atomic E-state index is 0. The van der Waals surface area contributed by atoms with E-state index in [9.17, 15) is 4.79 Å². The van der Waals surface area contributed by atoms with Gasteiger partial charge in [-0.15, -0.1) is 0 Å². The second kappa shape index (κ2) is 8.02. The second-order valence-electron chi connectivity index (χ2n) is 5.25. The third kappa shape index (κ3) is 3.61. The highest BCUT2D eigenvalue weighted by atomic mass is 79.9. The lowest BCUT2D eigenvalue weighted by Gasteiger charge is -2.13. The fourth-order valence-electron chi connectivity index (χ4n) is 2.70. The van der Waals surface area contributed by atoms with Gasteiger partial charge in [0.1, 0.15) is 0 Å². The third-order valence-corrected chi connectivity index (χ3v) is 3.89. The van der Waals surface area contributed by atoms with Gasteiger partial charge >= 0.3 is 0 Å². The molecule has 0 saturated heterocycles. The number of nitrogens with one attached hydrogen (secondary N) is 1. The van der Waals surface area contributed by atoms with E-state index < -0.39 is 0 Å². The van der Waals surface area contributed by atoms with Gasteiger partial charge in [0.25, 0.3) is 5.65 Å². The fourth-order valence-corrected chi connectivity index (χ4v) is 2.70. The Labute approximate surface area is 156 Å². The number of nitrogens with zero attached hydrogens (tertiary/aromatic N) is 1. The summed E-state index contributed by atoms with van der Waals surface area (Å²) in [5, 5.41) is 1.05. The molecule has 0 atom stereocenters. The molecule has 0 aliphatic carbocycles. The van der Waals surface area contributed by atoms with Gasteiger partial charge in [-0.3, -0.25) is 4.79 Å². The molecule has 0 saturated carbocycles. The third-order valence-electron chi connectivity index (χ3n) is 3.89. The van der Waals surface area contributed by atoms with E-state index in [-0.39, 0.29) is 29.3 Å². The highest BCUT2D eigenvalue weighted by molar-refractivity contribution is 5.96. The van der Waals surface area contributed by atoms with Gasteiger partial charge in [0.2, 0.25) is 11.5 Å². The largest absolute Gasteiger partial charge is 1.00 e. The average Bonchev–Trinajstić information content (AvgIpc) is 3.10. The van der Waals surface area contributed by atoms with E-state index in [1.54, 1.807) is 12.1 Å². The summed E-state index contributed by atoms with van der Waals surface area (Å²) >= 11 is 0. The van der Waals surface area contributed by atoms with E-state index in [4.69, 9.17) is 14.2 Å². The molecule has 0 unspecified atom stereocenters. The minimum Gasteiger partial charge on any atom is -1.00 e. The van der Waals surface area contributed by atoms with Crippen molar-refractivity contribution in [3.05, 3.63) is 48.3 Å². The number of benzene rings is 1. The van der Waals surface area contributed by atoms with Crippen LogP contribution in [-0.4, -0.2) is 32.1 Å². The topological polar surface area (TPSA) is 64.4 Å². The Balaban J connectivity index is 0.00000225. The Morgan fingerprint density at radius 3 is 2.36 bits per heavy atom. The molecule has 0 aliphatic rings. The van der Waals surface area contributed by atoms with Crippen LogP contribution in [0.4, 0.5) is 0 Å². The number of fused-ring (bicyclic) bond motifs is 1. The van der Waals surface area contributed by atoms with Crippen molar-refractivity contribution in [2.24, 2.45) is 0 Å². The molecule has 3 aromatic rings. The van der Waals surface area contributed by atoms with Gasteiger partial charge in [-0.1, -0.05) is 0 Å². The Morgan fingerprint density at radius 1 is 1.08 bits per heavy atom. The lowest BCUT2D eigenvalue weighted by molar-refractivity contribution is -0.658. The summed E-state index contributed by atoms with van der Waals surface area (Å²) in [6, 6.07) is 9.21. The fraction of sp³-hybridized carbons (Fsp3) is 0.222. The first-order valence-corrected chi connectivity index (χ1v) is 7.46. The molecular weight excluding hydrogens is 388 g/mol. The van der Waals surface area contributed by atoms with E-state index >= 15 is 0 Å². The number of Topliss-reactive ketones (excluding diaryl/α,β-unsaturated/α-hetero) is 1. The van der Waals surface area contributed by atoms with E-state index in [1.807, 2.05) is 35.2 Å². The molecular formula is C18H19BrN2O4. The monoisotopic (exact) mass is 406 g/mol. The summed E-state index contributed by atoms with van der Waals surface area (Å²) in [5.41, 5.74) is 1.40. The average molecular weight is 407 g/mol. The van der Waals surface area contributed by atoms with Gasteiger partial charge in [-0.05, 0) is 30.3 Å². The van der Waals surface area contributed by atoms with Gasteiger partial charge in [0, 0.05) is 5.56 Å². The lowest BCUT2D eigenvalue weighted by Crippen LogP contribution is -3.00. The minimum atomic E-state index is -0.0543. The second-order valence-corrected chi connectivity index (χ2v) is 5.25. The number of carbonyl (C=O) groups excluding carboxylic acids is 1. The van der Waals surface area contributed by atoms with Crippen molar-refractivity contribution in [2.75, 3.05) is 21.3 Å². The smallest absolute Gasteiger partial charge is 0.286 e. The van der Waals surface area contributed by atoms with E-state index in [0.29, 0.717) is 22.8 Å². The molecule has 132 valence electrons. The highest BCUT2D eigenvalue weighted by Gasteiger charge is 2.19. The van der Waals surface area contributed by atoms with Gasteiger partial charge in [0.15, 0.2) is 18.0 Å². The van der Waals surface area contributed by atoms with E-state index in [1.165, 1.54) is 21.3 Å². The standard InChI is InChI=1S/C18H18N2O4.BrH/c1-22-15-9-13(10-16(23-2)17(15)24-3)14(21)11-20-8-4-5-12-6-7-19-18(12)20;/h4-10H,11H2,1-3H3;1H. The van der Waals surface area contributed by atoms with Crippen molar-refractivity contribution >= 4 is 16.8 Å². The summed E-state index contributed by atoms with van der Waals surface area (Å²) < 4.78 is 17.8. The zero-order valence-corrected chi connectivity index (χ0v) is 15.8. The van der Waals surface area contributed by atoms with Gasteiger partial charge in [-0.25, -0.2) is 9.55 Å². The molecule has 0 fully saturated rings. The number of carbonyl (C=O) groups is 1. The van der Waals surface area contributed by atoms with Gasteiger partial charge in [0.05, 0.1) is 39.1 Å². The molecule has 0 radical (unpaired) electrons. The van der Waals surface area contributed by atoms with Crippen LogP contribution >= 0.6 is 0 Å². The molecule has 2 heterocycles. The molecule has 0 bridgehead atoms. The number of rotatable bonds is 6. The molecule has 6 nitrogen and oxygen atoms in total. The predicted octanol–water partition coefficient (Wildman–Crippen LogP) is -0.632. The highest BCUT2D eigenvalue weighted by Crippen LogP contribution is 2.38. The van der Waals surface area contributed by atoms with Crippen molar-refractivity contribution < 1.29 is 40.6 Å². The summed E-state index contributed by atoms with van der Waals surface area (Å²) in [6.45, 7) is 0.205. The lowest BCUT2D eigenvalue weighted by atomic mass is 10.1. The van der Waals surface area contributed by atoms with Crippen LogP contribution in [0.25, 0.3) is 11.0 Å². The molecule has 1 aromatic carbocycles. The quantitative estimate of drug-likeness (QED) is 0.437. The number of hydrogen-bond donors (Lipinski definition) is 1. The first kappa shape index (κ1) is 18.8. The van der Waals surface area contributed by atoms with Crippen molar-refractivity contribution in [1.29, 1.82) is 0 Å². The summed E-state index contributed by atoms with van der Waals surface area (Å²) in [7, 11) is 4.59. The Morgan fingerprint density at radius 2 is 1.76 bits per heavy atom. The Kier molecular flexibility index (Phi) is 6.03. The van der Waals surface area contributed by atoms with Crippen molar-refractivity contribution in [1.82, 2.24) is 4.98 Å². The number of methoxy groups -OCH3 is 3. The number of aromatic nitrogens is 2. The zero-order valence-electron chi connectivity index (χ0n) is 14.2. The normalized spacial score (nSPS) is 10.2. The van der Waals surface area contributed by atoms with Crippen LogP contribution in [0.3, 0.4) is 0 Å². The molecule has 0 amide bonds. The number of halogens is 1. The number of pyridine rings is 1. The number of ketones is 1. The first-order chi connectivity index (χ1) is 11.7. The first-order valence-electron chi connectivity index (χ1n) is 7.46. The van der Waals surface area contributed by atoms with Crippen LogP contribution in [0.1, 0.15) is 10.4 Å². The van der Waals surface area contributed by atoms with E-state index in [0.717, 1.165) is 11.0 Å². The van der Waals surface area contributed by atoms with Crippen LogP contribution in [0.2, 0.25) is 0 Å². The molecule has 3 rings (SSSR count). The summed E-state index contributed by atoms with van der Waals surface area (Å²) in [6.07, 6.45) is 3.72. The zero-order chi connectivity index (χ0) is 17.1. The molecule has 2 aromatic heterocycles. The number of ether oxygens (including phenoxy) is 3. The molecule has 0 aliphatic heterocycles. The predicted molar refractivity (Wildman–Crippen MR) is 88.9 cm³/mol. The molecule has 1 N–H and O–H groups in total. The molecule has 25 heavy (non-hydrogen) atoms. The van der Waals surface area contributed by atoms with Gasteiger partial charge < -0.3 is 31.2 Å². The maximum atomic E-state index is 12.7. The van der Waals surface area contributed by atoms with Crippen molar-refractivity contribution in [3.8, 4) is 17.2 Å². The van der Waals surface area contributed by atoms with Crippen molar-refractivity contribution in [3.63, 3.8) is 0 Å². The summed E-state index contributed by atoms with van der Waals surface area (Å²) in [5.74, 6) is 1.34. The molecule has 0 spiro atoms. The van der Waals surface area contributed by atoms with Gasteiger partial charge in [-0.2, -0.15) is 0 Å². The van der Waals surface area contributed by atoms with Crippen LogP contribution in [0.5, 0.6) is 17.2 Å². The maximum absolute atomic E-state index is 12.7. The number of aromatic amines is 1. The Hall–Kier alpha value is -2.54. The SMILES string of the molecule is COc1cc(C(=O)C[n+]2cccc3cc[nH]c32)cc(OC)c1OC.[Br-]. The maximum Gasteiger partial charge on any atom is 0.286 e. The molecule has 7 heteroatoms. The van der Waals surface area contributed by atoms with Crippen LogP contribution < -0.4 is 35.8 Å². The Bertz CT molecular complexity index is 867. The van der Waals surface area contributed by atoms with Crippen LogP contribution in [0, 0.1) is 0 Å².